The highest BCUT2D eigenvalue weighted by Crippen LogP contribution is 2.27. The first-order valence-corrected chi connectivity index (χ1v) is 6.39. The summed E-state index contributed by atoms with van der Waals surface area (Å²) in [6.45, 7) is 4.13. The minimum absolute atomic E-state index is 0.0284. The van der Waals surface area contributed by atoms with E-state index in [1.807, 2.05) is 24.3 Å². The van der Waals surface area contributed by atoms with Crippen molar-refractivity contribution >= 4 is 11.6 Å². The molecule has 0 aromatic heterocycles. The van der Waals surface area contributed by atoms with E-state index in [0.717, 1.165) is 11.3 Å². The molecule has 3 heteroatoms. The van der Waals surface area contributed by atoms with E-state index in [1.54, 1.807) is 0 Å². The Kier molecular flexibility index (Phi) is 2.75. The Balaban J connectivity index is 1.99. The number of carbonyl (C=O) groups is 1. The molecule has 2 aromatic rings. The van der Waals surface area contributed by atoms with Gasteiger partial charge in [0.1, 0.15) is 6.17 Å². The highest BCUT2D eigenvalue weighted by molar-refractivity contribution is 6.01. The molecule has 96 valence electrons. The quantitative estimate of drug-likeness (QED) is 0.818. The summed E-state index contributed by atoms with van der Waals surface area (Å²) in [5, 5.41) is 6.37. The summed E-state index contributed by atoms with van der Waals surface area (Å²) in [5.74, 6) is -0.0284. The van der Waals surface area contributed by atoms with Crippen LogP contribution >= 0.6 is 0 Å². The van der Waals surface area contributed by atoms with Crippen molar-refractivity contribution in [2.75, 3.05) is 5.32 Å². The third-order valence-corrected chi connectivity index (χ3v) is 3.48. The lowest BCUT2D eigenvalue weighted by atomic mass is 10.0. The first kappa shape index (κ1) is 11.8. The standard InChI is InChI=1S/C16H16N2O/c1-10-7-8-12(11(2)9-10)15-17-14-6-4-3-5-13(14)16(19)18-15/h3-9,15,17H,1-2H3,(H,18,19)/t15-/m1/s1. The lowest BCUT2D eigenvalue weighted by Crippen LogP contribution is -2.38. The lowest BCUT2D eigenvalue weighted by molar-refractivity contribution is 0.0935. The van der Waals surface area contributed by atoms with Crippen LogP contribution in [0.4, 0.5) is 5.69 Å². The molecule has 1 aliphatic rings. The number of hydrogen-bond donors (Lipinski definition) is 2. The molecule has 0 saturated carbocycles. The van der Waals surface area contributed by atoms with Crippen LogP contribution in [0, 0.1) is 13.8 Å². The molecule has 1 aliphatic heterocycles. The summed E-state index contributed by atoms with van der Waals surface area (Å²) in [4.78, 5) is 12.1. The van der Waals surface area contributed by atoms with Gasteiger partial charge in [0, 0.05) is 5.69 Å². The van der Waals surface area contributed by atoms with Crippen molar-refractivity contribution in [3.63, 3.8) is 0 Å². The van der Waals surface area contributed by atoms with Crippen LogP contribution in [0.15, 0.2) is 42.5 Å². The number of anilines is 1. The summed E-state index contributed by atoms with van der Waals surface area (Å²) in [6, 6.07) is 13.8. The van der Waals surface area contributed by atoms with E-state index in [1.165, 1.54) is 11.1 Å². The molecular formula is C16H16N2O. The van der Waals surface area contributed by atoms with Gasteiger partial charge in [-0.3, -0.25) is 4.79 Å². The van der Waals surface area contributed by atoms with Gasteiger partial charge < -0.3 is 10.6 Å². The van der Waals surface area contributed by atoms with Gasteiger partial charge in [-0.15, -0.1) is 0 Å². The van der Waals surface area contributed by atoms with Gasteiger partial charge in [0.15, 0.2) is 0 Å². The van der Waals surface area contributed by atoms with Crippen LogP contribution in [-0.4, -0.2) is 5.91 Å². The fourth-order valence-electron chi connectivity index (χ4n) is 2.51. The third kappa shape index (κ3) is 2.08. The highest BCUT2D eigenvalue weighted by Gasteiger charge is 2.24. The van der Waals surface area contributed by atoms with Crippen LogP contribution in [-0.2, 0) is 0 Å². The number of hydrogen-bond acceptors (Lipinski definition) is 2. The monoisotopic (exact) mass is 252 g/mol. The molecule has 1 amide bonds. The van der Waals surface area contributed by atoms with Crippen molar-refractivity contribution in [2.24, 2.45) is 0 Å². The maximum Gasteiger partial charge on any atom is 0.255 e. The Bertz CT molecular complexity index is 649. The second kappa shape index (κ2) is 4.43. The van der Waals surface area contributed by atoms with Gasteiger partial charge >= 0.3 is 0 Å². The first-order chi connectivity index (χ1) is 9.15. The van der Waals surface area contributed by atoms with Crippen LogP contribution in [0.2, 0.25) is 0 Å². The zero-order valence-corrected chi connectivity index (χ0v) is 11.0. The number of fused-ring (bicyclic) bond motifs is 1. The van der Waals surface area contributed by atoms with Crippen LogP contribution in [0.3, 0.4) is 0 Å². The molecule has 19 heavy (non-hydrogen) atoms. The van der Waals surface area contributed by atoms with Crippen molar-refractivity contribution in [3.8, 4) is 0 Å². The van der Waals surface area contributed by atoms with Gasteiger partial charge in [0.05, 0.1) is 5.56 Å². The van der Waals surface area contributed by atoms with E-state index >= 15 is 0 Å². The number of para-hydroxylation sites is 1. The molecule has 0 unspecified atom stereocenters. The summed E-state index contributed by atoms with van der Waals surface area (Å²) in [7, 11) is 0. The normalized spacial score (nSPS) is 17.4. The first-order valence-electron chi connectivity index (χ1n) is 6.39. The van der Waals surface area contributed by atoms with E-state index in [-0.39, 0.29) is 12.1 Å². The molecule has 0 saturated heterocycles. The Morgan fingerprint density at radius 3 is 2.58 bits per heavy atom. The Labute approximate surface area is 112 Å². The van der Waals surface area contributed by atoms with Gasteiger partial charge in [0.25, 0.3) is 5.91 Å². The van der Waals surface area contributed by atoms with Crippen LogP contribution in [0.1, 0.15) is 33.2 Å². The maximum atomic E-state index is 12.1. The van der Waals surface area contributed by atoms with Crippen LogP contribution in [0.25, 0.3) is 0 Å². The molecule has 0 fully saturated rings. The van der Waals surface area contributed by atoms with E-state index in [4.69, 9.17) is 0 Å². The molecular weight excluding hydrogens is 236 g/mol. The van der Waals surface area contributed by atoms with E-state index in [0.29, 0.717) is 5.56 Å². The van der Waals surface area contributed by atoms with Crippen molar-refractivity contribution < 1.29 is 4.79 Å². The van der Waals surface area contributed by atoms with Crippen molar-refractivity contribution in [3.05, 3.63) is 64.7 Å². The number of carbonyl (C=O) groups excluding carboxylic acids is 1. The molecule has 0 bridgehead atoms. The van der Waals surface area contributed by atoms with Crippen molar-refractivity contribution in [1.82, 2.24) is 5.32 Å². The molecule has 3 nitrogen and oxygen atoms in total. The fraction of sp³-hybridized carbons (Fsp3) is 0.188. The molecule has 0 aliphatic carbocycles. The summed E-state index contributed by atoms with van der Waals surface area (Å²) in [5.41, 5.74) is 5.09. The van der Waals surface area contributed by atoms with Gasteiger partial charge in [-0.2, -0.15) is 0 Å². The lowest BCUT2D eigenvalue weighted by Gasteiger charge is -2.29. The number of aryl methyl sites for hydroxylation is 2. The van der Waals surface area contributed by atoms with Crippen molar-refractivity contribution in [1.29, 1.82) is 0 Å². The van der Waals surface area contributed by atoms with Gasteiger partial charge in [-0.1, -0.05) is 35.9 Å². The second-order valence-electron chi connectivity index (χ2n) is 4.96. The average molecular weight is 252 g/mol. The number of amides is 1. The van der Waals surface area contributed by atoms with Gasteiger partial charge in [0.2, 0.25) is 0 Å². The molecule has 1 atom stereocenters. The molecule has 2 N–H and O–H groups in total. The zero-order valence-electron chi connectivity index (χ0n) is 11.0. The summed E-state index contributed by atoms with van der Waals surface area (Å²) >= 11 is 0. The van der Waals surface area contributed by atoms with Crippen LogP contribution < -0.4 is 10.6 Å². The zero-order chi connectivity index (χ0) is 13.4. The number of rotatable bonds is 1. The second-order valence-corrected chi connectivity index (χ2v) is 4.96. The van der Waals surface area contributed by atoms with E-state index in [9.17, 15) is 4.79 Å². The average Bonchev–Trinajstić information content (AvgIpc) is 2.38. The number of nitrogens with one attached hydrogen (secondary N) is 2. The molecule has 3 rings (SSSR count). The fourth-order valence-corrected chi connectivity index (χ4v) is 2.51. The molecule has 0 radical (unpaired) electrons. The Morgan fingerprint density at radius 1 is 1.00 bits per heavy atom. The highest BCUT2D eigenvalue weighted by atomic mass is 16.2. The van der Waals surface area contributed by atoms with Crippen molar-refractivity contribution in [2.45, 2.75) is 20.0 Å². The smallest absolute Gasteiger partial charge is 0.255 e. The largest absolute Gasteiger partial charge is 0.361 e. The molecule has 1 heterocycles. The van der Waals surface area contributed by atoms with E-state index < -0.39 is 0 Å². The summed E-state index contributed by atoms with van der Waals surface area (Å²) in [6.07, 6.45) is -0.164. The SMILES string of the molecule is Cc1ccc([C@H]2NC(=O)c3ccccc3N2)c(C)c1. The van der Waals surface area contributed by atoms with E-state index in [2.05, 4.69) is 42.7 Å². The Morgan fingerprint density at radius 2 is 1.79 bits per heavy atom. The minimum atomic E-state index is -0.164. The molecule has 0 spiro atoms. The molecule has 2 aromatic carbocycles. The maximum absolute atomic E-state index is 12.1. The number of benzene rings is 2. The topological polar surface area (TPSA) is 41.1 Å². The third-order valence-electron chi connectivity index (χ3n) is 3.48. The van der Waals surface area contributed by atoms with Gasteiger partial charge in [-0.25, -0.2) is 0 Å². The predicted octanol–water partition coefficient (Wildman–Crippen LogP) is 3.16. The van der Waals surface area contributed by atoms with Crippen LogP contribution in [0.5, 0.6) is 0 Å². The predicted molar refractivity (Wildman–Crippen MR) is 76.2 cm³/mol. The van der Waals surface area contributed by atoms with Gasteiger partial charge in [-0.05, 0) is 37.1 Å². The minimum Gasteiger partial charge on any atom is -0.361 e. The summed E-state index contributed by atoms with van der Waals surface area (Å²) < 4.78 is 0. The Hall–Kier alpha value is -2.29.